The second kappa shape index (κ2) is 4.95. The number of nitrogens with one attached hydrogen (secondary N) is 1. The van der Waals surface area contributed by atoms with Gasteiger partial charge < -0.3 is 5.73 Å². The molecule has 1 unspecified atom stereocenters. The molecule has 0 saturated heterocycles. The van der Waals surface area contributed by atoms with Gasteiger partial charge in [0.25, 0.3) is 0 Å². The maximum absolute atomic E-state index is 5.77. The van der Waals surface area contributed by atoms with Crippen LogP contribution in [0.2, 0.25) is 0 Å². The van der Waals surface area contributed by atoms with E-state index in [1.54, 1.807) is 0 Å². The first kappa shape index (κ1) is 11.6. The first-order valence-corrected chi connectivity index (χ1v) is 6.34. The summed E-state index contributed by atoms with van der Waals surface area (Å²) in [4.78, 5) is 4.64. The van der Waals surface area contributed by atoms with Crippen LogP contribution in [-0.4, -0.2) is 21.7 Å². The summed E-state index contributed by atoms with van der Waals surface area (Å²) in [5.74, 6) is 3.36. The Morgan fingerprint density at radius 1 is 1.38 bits per heavy atom. The Morgan fingerprint density at radius 3 is 2.62 bits per heavy atom. The molecule has 0 aromatic carbocycles. The van der Waals surface area contributed by atoms with E-state index < -0.39 is 0 Å². The van der Waals surface area contributed by atoms with Crippen LogP contribution in [0.25, 0.3) is 0 Å². The van der Waals surface area contributed by atoms with Crippen molar-refractivity contribution < 1.29 is 0 Å². The van der Waals surface area contributed by atoms with Crippen molar-refractivity contribution in [2.24, 2.45) is 11.7 Å². The van der Waals surface area contributed by atoms with Gasteiger partial charge in [-0.3, -0.25) is 5.10 Å². The quantitative estimate of drug-likeness (QED) is 0.820. The topological polar surface area (TPSA) is 67.6 Å². The Labute approximate surface area is 97.0 Å². The summed E-state index contributed by atoms with van der Waals surface area (Å²) < 4.78 is 0. The lowest BCUT2D eigenvalue weighted by atomic mass is 9.95. The highest BCUT2D eigenvalue weighted by Gasteiger charge is 2.24. The number of nitrogens with zero attached hydrogens (tertiary/aromatic N) is 2. The fourth-order valence-electron chi connectivity index (χ4n) is 2.51. The van der Waals surface area contributed by atoms with E-state index in [1.165, 1.54) is 25.7 Å². The molecule has 0 amide bonds. The SMILES string of the molecule is CC(C)C(CN)c1n[nH]c(C2CCCC2)n1. The lowest BCUT2D eigenvalue weighted by Gasteiger charge is -2.14. The highest BCUT2D eigenvalue weighted by molar-refractivity contribution is 5.04. The third-order valence-corrected chi connectivity index (χ3v) is 3.65. The molecular weight excluding hydrogens is 200 g/mol. The van der Waals surface area contributed by atoms with Crippen molar-refractivity contribution in [3.63, 3.8) is 0 Å². The third kappa shape index (κ3) is 2.26. The van der Waals surface area contributed by atoms with Gasteiger partial charge >= 0.3 is 0 Å². The molecule has 0 radical (unpaired) electrons. The molecule has 2 rings (SSSR count). The summed E-state index contributed by atoms with van der Waals surface area (Å²) in [6.07, 6.45) is 5.16. The summed E-state index contributed by atoms with van der Waals surface area (Å²) in [7, 11) is 0. The van der Waals surface area contributed by atoms with Crippen LogP contribution in [-0.2, 0) is 0 Å². The average molecular weight is 222 g/mol. The molecule has 4 heteroatoms. The molecular formula is C12H22N4. The van der Waals surface area contributed by atoms with Crippen LogP contribution in [0.4, 0.5) is 0 Å². The summed E-state index contributed by atoms with van der Waals surface area (Å²) in [5.41, 5.74) is 5.77. The second-order valence-corrected chi connectivity index (χ2v) is 5.15. The van der Waals surface area contributed by atoms with Crippen molar-refractivity contribution in [2.45, 2.75) is 51.4 Å². The maximum atomic E-state index is 5.77. The van der Waals surface area contributed by atoms with Crippen molar-refractivity contribution in [3.8, 4) is 0 Å². The van der Waals surface area contributed by atoms with E-state index in [0.29, 0.717) is 18.4 Å². The standard InChI is InChI=1S/C12H22N4/c1-8(2)10(7-13)12-14-11(15-16-12)9-5-3-4-6-9/h8-10H,3-7,13H2,1-2H3,(H,14,15,16). The lowest BCUT2D eigenvalue weighted by Crippen LogP contribution is -2.19. The smallest absolute Gasteiger partial charge is 0.155 e. The van der Waals surface area contributed by atoms with Gasteiger partial charge in [-0.25, -0.2) is 4.98 Å². The van der Waals surface area contributed by atoms with Crippen LogP contribution in [0.15, 0.2) is 0 Å². The third-order valence-electron chi connectivity index (χ3n) is 3.65. The van der Waals surface area contributed by atoms with E-state index in [2.05, 4.69) is 29.0 Å². The van der Waals surface area contributed by atoms with Gasteiger partial charge in [-0.05, 0) is 18.8 Å². The molecule has 1 fully saturated rings. The number of rotatable bonds is 4. The minimum absolute atomic E-state index is 0.284. The molecule has 0 spiro atoms. The Bertz CT molecular complexity index is 326. The number of hydrogen-bond donors (Lipinski definition) is 2. The lowest BCUT2D eigenvalue weighted by molar-refractivity contribution is 0.484. The number of hydrogen-bond acceptors (Lipinski definition) is 3. The first-order chi connectivity index (χ1) is 7.72. The van der Waals surface area contributed by atoms with Crippen molar-refractivity contribution in [3.05, 3.63) is 11.6 Å². The molecule has 4 nitrogen and oxygen atoms in total. The molecule has 1 aromatic rings. The van der Waals surface area contributed by atoms with Crippen LogP contribution in [0.1, 0.15) is 63.0 Å². The molecule has 90 valence electrons. The minimum Gasteiger partial charge on any atom is -0.330 e. The van der Waals surface area contributed by atoms with Gasteiger partial charge in [0.05, 0.1) is 0 Å². The van der Waals surface area contributed by atoms with E-state index in [0.717, 1.165) is 11.6 Å². The Morgan fingerprint density at radius 2 is 2.06 bits per heavy atom. The van der Waals surface area contributed by atoms with E-state index in [1.807, 2.05) is 0 Å². The van der Waals surface area contributed by atoms with Gasteiger partial charge in [-0.1, -0.05) is 26.7 Å². The van der Waals surface area contributed by atoms with E-state index in [-0.39, 0.29) is 5.92 Å². The molecule has 1 atom stereocenters. The molecule has 1 aliphatic carbocycles. The highest BCUT2D eigenvalue weighted by Crippen LogP contribution is 2.32. The van der Waals surface area contributed by atoms with Gasteiger partial charge in [0.1, 0.15) is 5.82 Å². The zero-order chi connectivity index (χ0) is 11.5. The molecule has 3 N–H and O–H groups in total. The fourth-order valence-corrected chi connectivity index (χ4v) is 2.51. The van der Waals surface area contributed by atoms with E-state index >= 15 is 0 Å². The average Bonchev–Trinajstić information content (AvgIpc) is 2.86. The van der Waals surface area contributed by atoms with E-state index in [9.17, 15) is 0 Å². The Kier molecular flexibility index (Phi) is 3.59. The van der Waals surface area contributed by atoms with Crippen molar-refractivity contribution in [2.75, 3.05) is 6.54 Å². The van der Waals surface area contributed by atoms with E-state index in [4.69, 9.17) is 5.73 Å². The molecule has 0 aliphatic heterocycles. The first-order valence-electron chi connectivity index (χ1n) is 6.34. The Balaban J connectivity index is 2.11. The zero-order valence-corrected chi connectivity index (χ0v) is 10.2. The van der Waals surface area contributed by atoms with Crippen molar-refractivity contribution >= 4 is 0 Å². The van der Waals surface area contributed by atoms with Crippen LogP contribution in [0.3, 0.4) is 0 Å². The summed E-state index contributed by atoms with van der Waals surface area (Å²) in [5, 5.41) is 7.44. The van der Waals surface area contributed by atoms with Crippen molar-refractivity contribution in [1.82, 2.24) is 15.2 Å². The predicted octanol–water partition coefficient (Wildman–Crippen LogP) is 2.16. The number of nitrogens with two attached hydrogens (primary N) is 1. The molecule has 1 saturated carbocycles. The number of H-pyrrole nitrogens is 1. The molecule has 1 heterocycles. The zero-order valence-electron chi connectivity index (χ0n) is 10.2. The summed E-state index contributed by atoms with van der Waals surface area (Å²) in [6, 6.07) is 0. The molecule has 1 aliphatic rings. The molecule has 1 aromatic heterocycles. The Hall–Kier alpha value is -0.900. The molecule has 0 bridgehead atoms. The second-order valence-electron chi connectivity index (χ2n) is 5.15. The monoisotopic (exact) mass is 222 g/mol. The summed E-state index contributed by atoms with van der Waals surface area (Å²) in [6.45, 7) is 4.96. The van der Waals surface area contributed by atoms with Crippen LogP contribution in [0, 0.1) is 5.92 Å². The number of aromatic amines is 1. The fraction of sp³-hybridized carbons (Fsp3) is 0.833. The van der Waals surface area contributed by atoms with Crippen LogP contribution < -0.4 is 5.73 Å². The normalized spacial score (nSPS) is 19.5. The molecule has 16 heavy (non-hydrogen) atoms. The van der Waals surface area contributed by atoms with Gasteiger partial charge in [0.15, 0.2) is 5.82 Å². The van der Waals surface area contributed by atoms with Crippen LogP contribution in [0.5, 0.6) is 0 Å². The largest absolute Gasteiger partial charge is 0.330 e. The van der Waals surface area contributed by atoms with Gasteiger partial charge in [0, 0.05) is 18.4 Å². The predicted molar refractivity (Wildman–Crippen MR) is 64.2 cm³/mol. The van der Waals surface area contributed by atoms with Gasteiger partial charge in [-0.15, -0.1) is 0 Å². The van der Waals surface area contributed by atoms with Crippen molar-refractivity contribution in [1.29, 1.82) is 0 Å². The van der Waals surface area contributed by atoms with Gasteiger partial charge in [-0.2, -0.15) is 5.10 Å². The summed E-state index contributed by atoms with van der Waals surface area (Å²) >= 11 is 0. The minimum atomic E-state index is 0.284. The number of aromatic nitrogens is 3. The highest BCUT2D eigenvalue weighted by atomic mass is 15.2. The maximum Gasteiger partial charge on any atom is 0.155 e. The van der Waals surface area contributed by atoms with Gasteiger partial charge in [0.2, 0.25) is 0 Å². The van der Waals surface area contributed by atoms with Crippen LogP contribution >= 0.6 is 0 Å².